The minimum absolute atomic E-state index is 0.315. The molecule has 0 radical (unpaired) electrons. The second-order valence-corrected chi connectivity index (χ2v) is 6.88. The Bertz CT molecular complexity index is 652. The quantitative estimate of drug-likeness (QED) is 0.681. The number of nitrogens with two attached hydrogens (primary N) is 1. The fourth-order valence-electron chi connectivity index (χ4n) is 2.54. The van der Waals surface area contributed by atoms with Crippen LogP contribution < -0.4 is 11.1 Å². The van der Waals surface area contributed by atoms with Gasteiger partial charge < -0.3 is 11.1 Å². The molecular formula is C20H31N5. The first-order valence-electron chi connectivity index (χ1n) is 9.13. The highest BCUT2D eigenvalue weighted by atomic mass is 15.1. The van der Waals surface area contributed by atoms with Crippen molar-refractivity contribution in [2.24, 2.45) is 0 Å². The molecule has 0 aliphatic carbocycles. The van der Waals surface area contributed by atoms with Gasteiger partial charge in [-0.05, 0) is 38.4 Å². The molecule has 0 bridgehead atoms. The Morgan fingerprint density at radius 1 is 1.16 bits per heavy atom. The summed E-state index contributed by atoms with van der Waals surface area (Å²) in [6.45, 7) is 8.47. The number of unbranched alkanes of at least 4 members (excludes halogenated alkanes) is 1. The lowest BCUT2D eigenvalue weighted by Gasteiger charge is -2.21. The lowest BCUT2D eigenvalue weighted by atomic mass is 10.0. The zero-order valence-corrected chi connectivity index (χ0v) is 15.9. The number of nitrogen functional groups attached to an aromatic ring is 1. The minimum Gasteiger partial charge on any atom is -0.370 e. The molecule has 0 saturated carbocycles. The molecule has 0 fully saturated rings. The SMILES string of the molecule is CCCCNc1nc(N)ncc1Cc1ccc(CN(C)C(C)C)cc1. The van der Waals surface area contributed by atoms with Crippen molar-refractivity contribution in [3.05, 3.63) is 47.2 Å². The summed E-state index contributed by atoms with van der Waals surface area (Å²) in [6.07, 6.45) is 4.89. The Morgan fingerprint density at radius 3 is 2.48 bits per heavy atom. The van der Waals surface area contributed by atoms with Gasteiger partial charge in [-0.25, -0.2) is 4.98 Å². The highest BCUT2D eigenvalue weighted by Crippen LogP contribution is 2.18. The topological polar surface area (TPSA) is 67.1 Å². The van der Waals surface area contributed by atoms with Gasteiger partial charge in [-0.3, -0.25) is 4.90 Å². The molecule has 0 aliphatic heterocycles. The Labute approximate surface area is 151 Å². The average Bonchev–Trinajstić information content (AvgIpc) is 2.59. The van der Waals surface area contributed by atoms with Crippen molar-refractivity contribution in [3.8, 4) is 0 Å². The molecule has 3 N–H and O–H groups in total. The van der Waals surface area contributed by atoms with Crippen molar-refractivity contribution in [1.82, 2.24) is 14.9 Å². The van der Waals surface area contributed by atoms with Crippen LogP contribution in [0.25, 0.3) is 0 Å². The number of nitrogens with one attached hydrogen (secondary N) is 1. The molecule has 1 heterocycles. The lowest BCUT2D eigenvalue weighted by Crippen LogP contribution is -2.25. The standard InChI is InChI=1S/C20H31N5/c1-5-6-11-22-19-18(13-23-20(21)24-19)12-16-7-9-17(10-8-16)14-25(4)15(2)3/h7-10,13,15H,5-6,11-12,14H2,1-4H3,(H3,21,22,23,24). The van der Waals surface area contributed by atoms with Crippen molar-refractivity contribution in [2.75, 3.05) is 24.6 Å². The maximum Gasteiger partial charge on any atom is 0.221 e. The summed E-state index contributed by atoms with van der Waals surface area (Å²) in [5, 5.41) is 3.39. The van der Waals surface area contributed by atoms with E-state index >= 15 is 0 Å². The largest absolute Gasteiger partial charge is 0.370 e. The Kier molecular flexibility index (Phi) is 7.19. The summed E-state index contributed by atoms with van der Waals surface area (Å²) in [6, 6.07) is 9.33. The van der Waals surface area contributed by atoms with E-state index in [4.69, 9.17) is 5.73 Å². The molecule has 0 amide bonds. The third-order valence-corrected chi connectivity index (χ3v) is 4.44. The summed E-state index contributed by atoms with van der Waals surface area (Å²) in [5.41, 5.74) is 9.41. The summed E-state index contributed by atoms with van der Waals surface area (Å²) in [7, 11) is 2.15. The maximum atomic E-state index is 5.75. The van der Waals surface area contributed by atoms with Gasteiger partial charge in [0.25, 0.3) is 0 Å². The molecule has 136 valence electrons. The minimum atomic E-state index is 0.315. The summed E-state index contributed by atoms with van der Waals surface area (Å²) in [4.78, 5) is 10.9. The van der Waals surface area contributed by atoms with Crippen molar-refractivity contribution in [2.45, 2.75) is 52.6 Å². The predicted molar refractivity (Wildman–Crippen MR) is 106 cm³/mol. The fraction of sp³-hybridized carbons (Fsp3) is 0.500. The van der Waals surface area contributed by atoms with Gasteiger partial charge in [0, 0.05) is 37.3 Å². The number of hydrogen-bond donors (Lipinski definition) is 2. The van der Waals surface area contributed by atoms with Crippen LogP contribution in [0.4, 0.5) is 11.8 Å². The number of benzene rings is 1. The average molecular weight is 342 g/mol. The molecule has 5 heteroatoms. The van der Waals surface area contributed by atoms with Crippen LogP contribution in [-0.2, 0) is 13.0 Å². The van der Waals surface area contributed by atoms with Crippen LogP contribution in [0.2, 0.25) is 0 Å². The predicted octanol–water partition coefficient (Wildman–Crippen LogP) is 3.70. The maximum absolute atomic E-state index is 5.75. The third kappa shape index (κ3) is 6.02. The number of rotatable bonds is 9. The molecule has 0 atom stereocenters. The summed E-state index contributed by atoms with van der Waals surface area (Å²) in [5.74, 6) is 1.17. The van der Waals surface area contributed by atoms with E-state index in [9.17, 15) is 0 Å². The molecule has 2 rings (SSSR count). The van der Waals surface area contributed by atoms with E-state index < -0.39 is 0 Å². The number of hydrogen-bond acceptors (Lipinski definition) is 5. The van der Waals surface area contributed by atoms with Gasteiger partial charge >= 0.3 is 0 Å². The molecule has 0 unspecified atom stereocenters. The van der Waals surface area contributed by atoms with E-state index in [0.29, 0.717) is 12.0 Å². The van der Waals surface area contributed by atoms with Crippen LogP contribution >= 0.6 is 0 Å². The number of anilines is 2. The molecule has 0 spiro atoms. The van der Waals surface area contributed by atoms with E-state index in [1.54, 1.807) is 0 Å². The normalized spacial score (nSPS) is 11.3. The molecule has 0 aliphatic rings. The molecule has 1 aromatic carbocycles. The van der Waals surface area contributed by atoms with Gasteiger partial charge in [0.05, 0.1) is 0 Å². The zero-order valence-electron chi connectivity index (χ0n) is 15.9. The van der Waals surface area contributed by atoms with E-state index in [0.717, 1.165) is 43.7 Å². The zero-order chi connectivity index (χ0) is 18.2. The van der Waals surface area contributed by atoms with Crippen molar-refractivity contribution >= 4 is 11.8 Å². The molecular weight excluding hydrogens is 310 g/mol. The van der Waals surface area contributed by atoms with E-state index in [-0.39, 0.29) is 0 Å². The summed E-state index contributed by atoms with van der Waals surface area (Å²) >= 11 is 0. The van der Waals surface area contributed by atoms with Crippen LogP contribution in [0.5, 0.6) is 0 Å². The van der Waals surface area contributed by atoms with Crippen molar-refractivity contribution in [1.29, 1.82) is 0 Å². The first-order valence-corrected chi connectivity index (χ1v) is 9.13. The van der Waals surface area contributed by atoms with E-state index in [2.05, 4.69) is 72.3 Å². The second kappa shape index (κ2) is 9.37. The monoisotopic (exact) mass is 341 g/mol. The Hall–Kier alpha value is -2.14. The van der Waals surface area contributed by atoms with Gasteiger partial charge in [0.2, 0.25) is 5.95 Å². The van der Waals surface area contributed by atoms with Gasteiger partial charge in [-0.15, -0.1) is 0 Å². The van der Waals surface area contributed by atoms with Crippen LogP contribution in [0.1, 0.15) is 50.3 Å². The number of nitrogens with zero attached hydrogens (tertiary/aromatic N) is 3. The fourth-order valence-corrected chi connectivity index (χ4v) is 2.54. The van der Waals surface area contributed by atoms with Crippen LogP contribution in [0.3, 0.4) is 0 Å². The molecule has 0 saturated heterocycles. The van der Waals surface area contributed by atoms with Gasteiger partial charge in [-0.2, -0.15) is 4.98 Å². The molecule has 1 aromatic heterocycles. The van der Waals surface area contributed by atoms with Crippen molar-refractivity contribution in [3.63, 3.8) is 0 Å². The first kappa shape index (κ1) is 19.2. The van der Waals surface area contributed by atoms with Crippen LogP contribution in [0.15, 0.2) is 30.5 Å². The van der Waals surface area contributed by atoms with Crippen LogP contribution in [-0.4, -0.2) is 34.5 Å². The molecule has 2 aromatic rings. The van der Waals surface area contributed by atoms with E-state index in [1.165, 1.54) is 11.1 Å². The van der Waals surface area contributed by atoms with Gasteiger partial charge in [0.15, 0.2) is 0 Å². The molecule has 5 nitrogen and oxygen atoms in total. The third-order valence-electron chi connectivity index (χ3n) is 4.44. The highest BCUT2D eigenvalue weighted by molar-refractivity contribution is 5.48. The van der Waals surface area contributed by atoms with Crippen LogP contribution in [0, 0.1) is 0 Å². The highest BCUT2D eigenvalue weighted by Gasteiger charge is 2.08. The van der Waals surface area contributed by atoms with Gasteiger partial charge in [0.1, 0.15) is 5.82 Å². The smallest absolute Gasteiger partial charge is 0.221 e. The molecule has 25 heavy (non-hydrogen) atoms. The Balaban J connectivity index is 2.06. The number of aromatic nitrogens is 2. The lowest BCUT2D eigenvalue weighted by molar-refractivity contribution is 0.266. The first-order chi connectivity index (χ1) is 12.0. The van der Waals surface area contributed by atoms with Gasteiger partial charge in [-0.1, -0.05) is 37.6 Å². The van der Waals surface area contributed by atoms with E-state index in [1.807, 2.05) is 6.20 Å². The second-order valence-electron chi connectivity index (χ2n) is 6.88. The Morgan fingerprint density at radius 2 is 1.84 bits per heavy atom. The van der Waals surface area contributed by atoms with Crippen molar-refractivity contribution < 1.29 is 0 Å². The summed E-state index contributed by atoms with van der Waals surface area (Å²) < 4.78 is 0.